The average molecular weight is 311 g/mol. The fourth-order valence-corrected chi connectivity index (χ4v) is 1.91. The Hall–Kier alpha value is -2.75. The van der Waals surface area contributed by atoms with Crippen LogP contribution in [0, 0.1) is 0 Å². The first kappa shape index (κ1) is 16.6. The summed E-state index contributed by atoms with van der Waals surface area (Å²) in [5.74, 6) is 0.793. The van der Waals surface area contributed by atoms with E-state index >= 15 is 0 Å². The summed E-state index contributed by atoms with van der Waals surface area (Å²) in [7, 11) is 0. The highest BCUT2D eigenvalue weighted by molar-refractivity contribution is 6.01. The van der Waals surface area contributed by atoms with Crippen molar-refractivity contribution in [3.05, 3.63) is 60.2 Å². The van der Waals surface area contributed by atoms with E-state index in [0.29, 0.717) is 12.3 Å². The Morgan fingerprint density at radius 2 is 1.83 bits per heavy atom. The number of hydrogen-bond acceptors (Lipinski definition) is 3. The quantitative estimate of drug-likeness (QED) is 0.594. The van der Waals surface area contributed by atoms with Crippen LogP contribution in [0.5, 0.6) is 11.5 Å². The highest BCUT2D eigenvalue weighted by Gasteiger charge is 1.99. The second-order valence-corrected chi connectivity index (χ2v) is 5.14. The highest BCUT2D eigenvalue weighted by Crippen LogP contribution is 2.16. The molecule has 0 bridgehead atoms. The van der Waals surface area contributed by atoms with E-state index < -0.39 is 0 Å². The molecule has 0 spiro atoms. The van der Waals surface area contributed by atoms with Crippen LogP contribution in [-0.2, 0) is 4.79 Å². The number of hydrogen-bond donors (Lipinski definition) is 2. The zero-order chi connectivity index (χ0) is 16.5. The van der Waals surface area contributed by atoms with Gasteiger partial charge in [-0.15, -0.1) is 0 Å². The molecule has 2 aromatic carbocycles. The standard InChI is InChI=1S/C19H21NO3/c1-2-3-14-23-18-11-7-16(8-12-18)20-19(22)13-6-15-4-9-17(21)10-5-15/h4-13,21H,2-3,14H2,1H3,(H,20,22)/b13-6+. The molecular weight excluding hydrogens is 290 g/mol. The number of benzene rings is 2. The molecule has 0 atom stereocenters. The third kappa shape index (κ3) is 5.87. The summed E-state index contributed by atoms with van der Waals surface area (Å²) in [6.45, 7) is 2.82. The average Bonchev–Trinajstić information content (AvgIpc) is 2.56. The minimum Gasteiger partial charge on any atom is -0.508 e. The molecule has 0 heterocycles. The number of phenolic OH excluding ortho intramolecular Hbond substituents is 1. The van der Waals surface area contributed by atoms with Crippen LogP contribution in [0.1, 0.15) is 25.3 Å². The van der Waals surface area contributed by atoms with Crippen molar-refractivity contribution in [2.24, 2.45) is 0 Å². The first-order chi connectivity index (χ1) is 11.2. The molecular formula is C19H21NO3. The first-order valence-corrected chi connectivity index (χ1v) is 7.68. The zero-order valence-electron chi connectivity index (χ0n) is 13.2. The number of carbonyl (C=O) groups is 1. The Balaban J connectivity index is 1.86. The van der Waals surface area contributed by atoms with Crippen LogP contribution in [0.4, 0.5) is 5.69 Å². The van der Waals surface area contributed by atoms with Gasteiger partial charge >= 0.3 is 0 Å². The van der Waals surface area contributed by atoms with Crippen molar-refractivity contribution in [3.63, 3.8) is 0 Å². The van der Waals surface area contributed by atoms with Crippen molar-refractivity contribution in [2.45, 2.75) is 19.8 Å². The van der Waals surface area contributed by atoms with E-state index in [9.17, 15) is 9.90 Å². The van der Waals surface area contributed by atoms with Gasteiger partial charge in [-0.3, -0.25) is 4.79 Å². The first-order valence-electron chi connectivity index (χ1n) is 7.68. The van der Waals surface area contributed by atoms with E-state index in [0.717, 1.165) is 24.2 Å². The van der Waals surface area contributed by atoms with Gasteiger partial charge in [-0.25, -0.2) is 0 Å². The van der Waals surface area contributed by atoms with Crippen molar-refractivity contribution in [1.29, 1.82) is 0 Å². The van der Waals surface area contributed by atoms with E-state index in [2.05, 4.69) is 12.2 Å². The number of amides is 1. The van der Waals surface area contributed by atoms with Crippen molar-refractivity contribution >= 4 is 17.7 Å². The number of carbonyl (C=O) groups excluding carboxylic acids is 1. The maximum absolute atomic E-state index is 11.9. The number of rotatable bonds is 7. The molecule has 0 aliphatic heterocycles. The molecule has 4 heteroatoms. The molecule has 4 nitrogen and oxygen atoms in total. The summed E-state index contributed by atoms with van der Waals surface area (Å²) in [6.07, 6.45) is 5.27. The number of nitrogens with one attached hydrogen (secondary N) is 1. The van der Waals surface area contributed by atoms with Crippen LogP contribution in [0.2, 0.25) is 0 Å². The third-order valence-electron chi connectivity index (χ3n) is 3.21. The van der Waals surface area contributed by atoms with E-state index in [1.165, 1.54) is 6.08 Å². The topological polar surface area (TPSA) is 58.6 Å². The van der Waals surface area contributed by atoms with Gasteiger partial charge in [0.05, 0.1) is 6.61 Å². The Labute approximate surface area is 136 Å². The molecule has 2 aromatic rings. The van der Waals surface area contributed by atoms with Crippen LogP contribution in [0.15, 0.2) is 54.6 Å². The lowest BCUT2D eigenvalue weighted by atomic mass is 10.2. The molecule has 120 valence electrons. The Bertz CT molecular complexity index is 645. The predicted octanol–water partition coefficient (Wildman–Crippen LogP) is 4.22. The van der Waals surface area contributed by atoms with Gasteiger partial charge in [0.1, 0.15) is 11.5 Å². The number of anilines is 1. The van der Waals surface area contributed by atoms with Gasteiger partial charge in [0.2, 0.25) is 5.91 Å². The summed E-state index contributed by atoms with van der Waals surface area (Å²) >= 11 is 0. The lowest BCUT2D eigenvalue weighted by Gasteiger charge is -2.07. The van der Waals surface area contributed by atoms with Crippen LogP contribution >= 0.6 is 0 Å². The van der Waals surface area contributed by atoms with Crippen LogP contribution in [0.3, 0.4) is 0 Å². The molecule has 0 radical (unpaired) electrons. The van der Waals surface area contributed by atoms with Gasteiger partial charge in [-0.2, -0.15) is 0 Å². The second-order valence-electron chi connectivity index (χ2n) is 5.14. The summed E-state index contributed by atoms with van der Waals surface area (Å²) in [5.41, 5.74) is 1.56. The minimum atomic E-state index is -0.210. The van der Waals surface area contributed by atoms with Gasteiger partial charge in [-0.1, -0.05) is 25.5 Å². The lowest BCUT2D eigenvalue weighted by Crippen LogP contribution is -2.07. The zero-order valence-corrected chi connectivity index (χ0v) is 13.2. The number of phenols is 1. The molecule has 0 saturated carbocycles. The molecule has 23 heavy (non-hydrogen) atoms. The normalized spacial score (nSPS) is 10.7. The number of ether oxygens (including phenoxy) is 1. The smallest absolute Gasteiger partial charge is 0.248 e. The summed E-state index contributed by atoms with van der Waals surface area (Å²) < 4.78 is 5.57. The fourth-order valence-electron chi connectivity index (χ4n) is 1.91. The van der Waals surface area contributed by atoms with Gasteiger partial charge in [0.25, 0.3) is 0 Å². The summed E-state index contributed by atoms with van der Waals surface area (Å²) in [5, 5.41) is 12.0. The molecule has 2 N–H and O–H groups in total. The summed E-state index contributed by atoms with van der Waals surface area (Å²) in [6, 6.07) is 13.9. The van der Waals surface area contributed by atoms with E-state index in [-0.39, 0.29) is 11.7 Å². The SMILES string of the molecule is CCCCOc1ccc(NC(=O)/C=C/c2ccc(O)cc2)cc1. The maximum atomic E-state index is 11.9. The third-order valence-corrected chi connectivity index (χ3v) is 3.21. The Morgan fingerprint density at radius 1 is 1.13 bits per heavy atom. The molecule has 2 rings (SSSR count). The Kier molecular flexibility index (Phi) is 6.24. The molecule has 0 saturated heterocycles. The van der Waals surface area contributed by atoms with Crippen molar-refractivity contribution < 1.29 is 14.6 Å². The maximum Gasteiger partial charge on any atom is 0.248 e. The van der Waals surface area contributed by atoms with Crippen molar-refractivity contribution in [3.8, 4) is 11.5 Å². The Morgan fingerprint density at radius 3 is 2.48 bits per heavy atom. The van der Waals surface area contributed by atoms with Crippen LogP contribution < -0.4 is 10.1 Å². The van der Waals surface area contributed by atoms with E-state index in [1.54, 1.807) is 30.3 Å². The van der Waals surface area contributed by atoms with Gasteiger partial charge < -0.3 is 15.2 Å². The molecule has 0 fully saturated rings. The minimum absolute atomic E-state index is 0.202. The summed E-state index contributed by atoms with van der Waals surface area (Å²) in [4.78, 5) is 11.9. The monoisotopic (exact) mass is 311 g/mol. The van der Waals surface area contributed by atoms with Crippen LogP contribution in [-0.4, -0.2) is 17.6 Å². The largest absolute Gasteiger partial charge is 0.508 e. The van der Waals surface area contributed by atoms with Crippen molar-refractivity contribution in [1.82, 2.24) is 0 Å². The van der Waals surface area contributed by atoms with Gasteiger partial charge in [0.15, 0.2) is 0 Å². The number of aromatic hydroxyl groups is 1. The number of unbranched alkanes of at least 4 members (excludes halogenated alkanes) is 1. The second kappa shape index (κ2) is 8.63. The molecule has 1 amide bonds. The molecule has 0 unspecified atom stereocenters. The predicted molar refractivity (Wildman–Crippen MR) is 92.6 cm³/mol. The lowest BCUT2D eigenvalue weighted by molar-refractivity contribution is -0.111. The fraction of sp³-hybridized carbons (Fsp3) is 0.211. The van der Waals surface area contributed by atoms with E-state index in [4.69, 9.17) is 4.74 Å². The highest BCUT2D eigenvalue weighted by atomic mass is 16.5. The molecule has 0 aromatic heterocycles. The van der Waals surface area contributed by atoms with Crippen LogP contribution in [0.25, 0.3) is 6.08 Å². The molecule has 0 aliphatic carbocycles. The van der Waals surface area contributed by atoms with Gasteiger partial charge in [0, 0.05) is 11.8 Å². The van der Waals surface area contributed by atoms with E-state index in [1.807, 2.05) is 24.3 Å². The molecule has 0 aliphatic rings. The van der Waals surface area contributed by atoms with Crippen molar-refractivity contribution in [2.75, 3.05) is 11.9 Å². The van der Waals surface area contributed by atoms with Gasteiger partial charge in [-0.05, 0) is 54.5 Å².